The normalized spacial score (nSPS) is 12.2. The van der Waals surface area contributed by atoms with Crippen LogP contribution in [0.4, 0.5) is 4.39 Å². The Morgan fingerprint density at radius 3 is 2.37 bits per heavy atom. The molecule has 1 N–H and O–H groups in total. The molecule has 0 radical (unpaired) electrons. The number of hydrogen-bond donors (Lipinski definition) is 1. The Kier molecular flexibility index (Phi) is 7.63. The van der Waals surface area contributed by atoms with Crippen LogP contribution in [-0.4, -0.2) is 21.2 Å². The fourth-order valence-corrected chi connectivity index (χ4v) is 3.17. The summed E-state index contributed by atoms with van der Waals surface area (Å²) in [5, 5.41) is 9.28. The monoisotopic (exact) mass is 402 g/mol. The average molecular weight is 403 g/mol. The Morgan fingerprint density at radius 2 is 1.73 bits per heavy atom. The molecule has 0 aliphatic rings. The van der Waals surface area contributed by atoms with Crippen molar-refractivity contribution in [2.75, 3.05) is 0 Å². The Balaban J connectivity index is 1.65. The van der Waals surface area contributed by atoms with E-state index in [1.165, 1.54) is 6.07 Å². The van der Waals surface area contributed by atoms with Gasteiger partial charge in [-0.15, -0.1) is 6.58 Å². The largest absolute Gasteiger partial charge is 0.393 e. The number of rotatable bonds is 9. The Bertz CT molecular complexity index is 993. The number of hydrogen-bond acceptors (Lipinski definition) is 3. The van der Waals surface area contributed by atoms with Gasteiger partial charge in [0, 0.05) is 23.5 Å². The molecule has 154 valence electrons. The molecule has 0 aliphatic heterocycles. The minimum atomic E-state index is -0.269. The summed E-state index contributed by atoms with van der Waals surface area (Å²) in [6, 6.07) is 13.2. The van der Waals surface area contributed by atoms with E-state index < -0.39 is 0 Å². The molecule has 0 saturated carbocycles. The van der Waals surface area contributed by atoms with Crippen LogP contribution in [0.15, 0.2) is 73.6 Å². The van der Waals surface area contributed by atoms with Crippen molar-refractivity contribution in [1.82, 2.24) is 9.97 Å². The molecular weight excluding hydrogens is 375 g/mol. The zero-order chi connectivity index (χ0) is 21.3. The Morgan fingerprint density at radius 1 is 1.03 bits per heavy atom. The highest BCUT2D eigenvalue weighted by Gasteiger charge is 2.07. The number of benzene rings is 2. The first-order valence-electron chi connectivity index (χ1n) is 10.2. The number of aliphatic hydroxyl groups excluding tert-OH is 1. The van der Waals surface area contributed by atoms with E-state index in [-0.39, 0.29) is 11.9 Å². The minimum Gasteiger partial charge on any atom is -0.393 e. The van der Waals surface area contributed by atoms with Crippen molar-refractivity contribution in [1.29, 1.82) is 0 Å². The third kappa shape index (κ3) is 5.94. The molecule has 0 saturated heterocycles. The molecule has 2 aromatic carbocycles. The number of aromatic nitrogens is 2. The van der Waals surface area contributed by atoms with Crippen LogP contribution in [0.3, 0.4) is 0 Å². The molecule has 1 heterocycles. The molecule has 0 bridgehead atoms. The van der Waals surface area contributed by atoms with Gasteiger partial charge in [-0.1, -0.05) is 54.6 Å². The second kappa shape index (κ2) is 10.6. The van der Waals surface area contributed by atoms with E-state index in [1.54, 1.807) is 24.5 Å². The number of unbranched alkanes of at least 4 members (excludes halogenated alkanes) is 1. The van der Waals surface area contributed by atoms with Crippen molar-refractivity contribution in [3.05, 3.63) is 90.5 Å². The van der Waals surface area contributed by atoms with Gasteiger partial charge in [0.2, 0.25) is 0 Å². The maximum Gasteiger partial charge on any atom is 0.159 e. The quantitative estimate of drug-likeness (QED) is 0.340. The van der Waals surface area contributed by atoms with Crippen LogP contribution in [0.5, 0.6) is 0 Å². The van der Waals surface area contributed by atoms with Gasteiger partial charge < -0.3 is 5.11 Å². The van der Waals surface area contributed by atoms with E-state index in [0.717, 1.165) is 36.0 Å². The van der Waals surface area contributed by atoms with E-state index in [1.807, 2.05) is 25.1 Å². The van der Waals surface area contributed by atoms with E-state index in [2.05, 4.69) is 40.8 Å². The molecule has 0 amide bonds. The van der Waals surface area contributed by atoms with Gasteiger partial charge in [-0.3, -0.25) is 0 Å². The molecule has 0 fully saturated rings. The topological polar surface area (TPSA) is 46.0 Å². The smallest absolute Gasteiger partial charge is 0.159 e. The molecule has 1 aromatic heterocycles. The summed E-state index contributed by atoms with van der Waals surface area (Å²) in [5.74, 6) is 0.231. The lowest BCUT2D eigenvalue weighted by Gasteiger charge is -2.06. The number of nitrogens with zero attached hydrogens (tertiary/aromatic N) is 2. The van der Waals surface area contributed by atoms with Gasteiger partial charge in [0.15, 0.2) is 5.82 Å². The van der Waals surface area contributed by atoms with Gasteiger partial charge >= 0.3 is 0 Å². The van der Waals surface area contributed by atoms with Crippen LogP contribution in [0.25, 0.3) is 28.6 Å². The zero-order valence-electron chi connectivity index (χ0n) is 17.3. The fraction of sp³-hybridized carbons (Fsp3) is 0.231. The van der Waals surface area contributed by atoms with Crippen LogP contribution >= 0.6 is 0 Å². The van der Waals surface area contributed by atoms with Gasteiger partial charge in [-0.05, 0) is 55.4 Å². The molecule has 3 aromatic rings. The number of aliphatic hydroxyl groups is 1. The summed E-state index contributed by atoms with van der Waals surface area (Å²) in [5.41, 5.74) is 4.34. The van der Waals surface area contributed by atoms with E-state index in [0.29, 0.717) is 23.4 Å². The average Bonchev–Trinajstić information content (AvgIpc) is 2.75. The predicted octanol–water partition coefficient (Wildman–Crippen LogP) is 6.24. The van der Waals surface area contributed by atoms with Gasteiger partial charge in [0.05, 0.1) is 6.10 Å². The maximum absolute atomic E-state index is 14.2. The first-order valence-corrected chi connectivity index (χ1v) is 10.2. The zero-order valence-corrected chi connectivity index (χ0v) is 17.3. The molecule has 4 heteroatoms. The molecule has 1 unspecified atom stereocenters. The summed E-state index contributed by atoms with van der Waals surface area (Å²) in [4.78, 5) is 8.83. The molecule has 3 rings (SSSR count). The summed E-state index contributed by atoms with van der Waals surface area (Å²) in [6.45, 7) is 5.46. The molecular formula is C26H27FN2O. The van der Waals surface area contributed by atoms with Crippen molar-refractivity contribution >= 4 is 6.08 Å². The van der Waals surface area contributed by atoms with Crippen LogP contribution in [0, 0.1) is 5.82 Å². The number of halogens is 1. The second-order valence-electron chi connectivity index (χ2n) is 7.40. The van der Waals surface area contributed by atoms with Crippen molar-refractivity contribution in [3.8, 4) is 22.5 Å². The fourth-order valence-electron chi connectivity index (χ4n) is 3.17. The number of allylic oxidation sites excluding steroid dienone is 2. The lowest BCUT2D eigenvalue weighted by molar-refractivity contribution is 0.182. The van der Waals surface area contributed by atoms with E-state index in [4.69, 9.17) is 0 Å². The summed E-state index contributed by atoms with van der Waals surface area (Å²) in [6.07, 6.45) is 12.5. The minimum absolute atomic E-state index is 0.234. The highest BCUT2D eigenvalue weighted by molar-refractivity contribution is 5.66. The first kappa shape index (κ1) is 21.6. The van der Waals surface area contributed by atoms with Crippen molar-refractivity contribution in [2.45, 2.75) is 38.7 Å². The van der Waals surface area contributed by atoms with Crippen molar-refractivity contribution < 1.29 is 9.50 Å². The van der Waals surface area contributed by atoms with Crippen LogP contribution in [0.1, 0.15) is 37.3 Å². The lowest BCUT2D eigenvalue weighted by atomic mass is 10.1. The summed E-state index contributed by atoms with van der Waals surface area (Å²) >= 11 is 0. The Hall–Kier alpha value is -3.11. The van der Waals surface area contributed by atoms with Gasteiger partial charge in [-0.2, -0.15) is 0 Å². The summed E-state index contributed by atoms with van der Waals surface area (Å²) in [7, 11) is 0. The third-order valence-corrected chi connectivity index (χ3v) is 4.87. The first-order chi connectivity index (χ1) is 14.6. The Labute approximate surface area is 177 Å². The van der Waals surface area contributed by atoms with Crippen LogP contribution < -0.4 is 0 Å². The third-order valence-electron chi connectivity index (χ3n) is 4.87. The lowest BCUT2D eigenvalue weighted by Crippen LogP contribution is -1.97. The highest BCUT2D eigenvalue weighted by Crippen LogP contribution is 2.23. The van der Waals surface area contributed by atoms with Crippen molar-refractivity contribution in [3.63, 3.8) is 0 Å². The van der Waals surface area contributed by atoms with Gasteiger partial charge in [-0.25, -0.2) is 14.4 Å². The molecule has 1 atom stereocenters. The summed E-state index contributed by atoms with van der Waals surface area (Å²) < 4.78 is 14.2. The molecule has 0 aliphatic carbocycles. The van der Waals surface area contributed by atoms with Crippen LogP contribution in [-0.2, 0) is 6.42 Å². The second-order valence-corrected chi connectivity index (χ2v) is 7.40. The van der Waals surface area contributed by atoms with Crippen molar-refractivity contribution in [2.24, 2.45) is 0 Å². The maximum atomic E-state index is 14.2. The molecule has 30 heavy (non-hydrogen) atoms. The van der Waals surface area contributed by atoms with Gasteiger partial charge in [0.1, 0.15) is 5.82 Å². The van der Waals surface area contributed by atoms with E-state index >= 15 is 0 Å². The molecule has 0 spiro atoms. The van der Waals surface area contributed by atoms with Crippen LogP contribution in [0.2, 0.25) is 0 Å². The van der Waals surface area contributed by atoms with Gasteiger partial charge in [0.25, 0.3) is 0 Å². The predicted molar refractivity (Wildman–Crippen MR) is 121 cm³/mol. The SMILES string of the molecule is C=CCc1ccc(-c2ncc(-c3ccc(/C=C/CCCC(C)O)cc3)cn2)cc1F. The molecule has 3 nitrogen and oxygen atoms in total. The standard InChI is InChI=1S/C26H27FN2O/c1-3-7-22-14-15-23(16-25(22)27)26-28-17-24(18-29-26)21-12-10-20(11-13-21)9-6-4-5-8-19(2)30/h3,6,9-19,30H,1,4-5,7-8H2,2H3/b9-6+. The highest BCUT2D eigenvalue weighted by atomic mass is 19.1. The van der Waals surface area contributed by atoms with E-state index in [9.17, 15) is 9.50 Å².